The number of hydrogen-bond donors (Lipinski definition) is 1. The van der Waals surface area contributed by atoms with Crippen LogP contribution in [0.1, 0.15) is 71.8 Å². The van der Waals surface area contributed by atoms with Crippen molar-refractivity contribution in [2.45, 2.75) is 65.8 Å². The summed E-state index contributed by atoms with van der Waals surface area (Å²) in [5.41, 5.74) is 2.48. The smallest absolute Gasteiger partial charge is 0.355 e. The Hall–Kier alpha value is -2.45. The number of ketones is 1. The molecule has 0 aliphatic carbocycles. The average molecular weight is 463 g/mol. The number of sulfonamides is 1. The summed E-state index contributed by atoms with van der Waals surface area (Å²) in [6.45, 7) is 13.0. The Labute approximate surface area is 191 Å². The first-order valence-electron chi connectivity index (χ1n) is 10.9. The molecule has 0 saturated heterocycles. The molecule has 32 heavy (non-hydrogen) atoms. The first-order chi connectivity index (χ1) is 14.9. The van der Waals surface area contributed by atoms with Crippen molar-refractivity contribution < 1.29 is 22.7 Å². The predicted molar refractivity (Wildman–Crippen MR) is 125 cm³/mol. The molecule has 2 aromatic rings. The van der Waals surface area contributed by atoms with Crippen LogP contribution in [0.25, 0.3) is 0 Å². The maximum absolute atomic E-state index is 13.5. The lowest BCUT2D eigenvalue weighted by Crippen LogP contribution is -2.44. The van der Waals surface area contributed by atoms with E-state index in [-0.39, 0.29) is 35.4 Å². The van der Waals surface area contributed by atoms with Gasteiger partial charge in [0.25, 0.3) is 0 Å². The summed E-state index contributed by atoms with van der Waals surface area (Å²) < 4.78 is 33.3. The van der Waals surface area contributed by atoms with Crippen molar-refractivity contribution in [1.82, 2.24) is 9.29 Å². The number of hydrogen-bond acceptors (Lipinski definition) is 5. The van der Waals surface area contributed by atoms with Crippen LogP contribution in [-0.2, 0) is 14.8 Å². The van der Waals surface area contributed by atoms with E-state index in [1.807, 2.05) is 20.8 Å². The van der Waals surface area contributed by atoms with Crippen LogP contribution in [0.4, 0.5) is 0 Å². The summed E-state index contributed by atoms with van der Waals surface area (Å²) in [6.07, 6.45) is 0.613. The number of esters is 1. The number of aromatic nitrogens is 1. The Morgan fingerprint density at radius 2 is 1.66 bits per heavy atom. The SMILES string of the molecule is CCOC(=O)c1[nH]c(C)c(C(=O)C(C)N(CCC(C)C)S(=O)(=O)c2ccc(C)cc2)c1C. The van der Waals surface area contributed by atoms with Gasteiger partial charge in [0.15, 0.2) is 5.78 Å². The van der Waals surface area contributed by atoms with E-state index in [9.17, 15) is 18.0 Å². The number of ether oxygens (including phenoxy) is 1. The summed E-state index contributed by atoms with van der Waals surface area (Å²) in [5.74, 6) is -0.630. The monoisotopic (exact) mass is 462 g/mol. The van der Waals surface area contributed by atoms with Crippen LogP contribution in [0.3, 0.4) is 0 Å². The van der Waals surface area contributed by atoms with Gasteiger partial charge in [-0.2, -0.15) is 4.31 Å². The second-order valence-corrected chi connectivity index (χ2v) is 10.4. The molecule has 0 saturated carbocycles. The number of aryl methyl sites for hydroxylation is 2. The van der Waals surface area contributed by atoms with Crippen LogP contribution in [-0.4, -0.2) is 48.7 Å². The van der Waals surface area contributed by atoms with Gasteiger partial charge < -0.3 is 9.72 Å². The average Bonchev–Trinajstić information content (AvgIpc) is 3.01. The Bertz CT molecular complexity index is 1070. The summed E-state index contributed by atoms with van der Waals surface area (Å²) in [7, 11) is -3.90. The zero-order valence-electron chi connectivity index (χ0n) is 20.0. The number of aromatic amines is 1. The van der Waals surface area contributed by atoms with Crippen LogP contribution in [0.2, 0.25) is 0 Å². The predicted octanol–water partition coefficient (Wildman–Crippen LogP) is 4.42. The highest BCUT2D eigenvalue weighted by atomic mass is 32.2. The van der Waals surface area contributed by atoms with Crippen LogP contribution in [0.5, 0.6) is 0 Å². The number of Topliss-reactive ketones (excluding diaryl/α,β-unsaturated/α-hetero) is 1. The van der Waals surface area contributed by atoms with E-state index in [0.717, 1.165) is 5.56 Å². The molecule has 176 valence electrons. The number of benzene rings is 1. The fourth-order valence-electron chi connectivity index (χ4n) is 3.62. The molecule has 8 heteroatoms. The van der Waals surface area contributed by atoms with E-state index in [0.29, 0.717) is 23.2 Å². The van der Waals surface area contributed by atoms with Crippen molar-refractivity contribution in [1.29, 1.82) is 0 Å². The van der Waals surface area contributed by atoms with Crippen molar-refractivity contribution in [2.24, 2.45) is 5.92 Å². The molecule has 0 radical (unpaired) electrons. The minimum absolute atomic E-state index is 0.154. The third-order valence-corrected chi connectivity index (χ3v) is 7.51. The molecule has 1 heterocycles. The van der Waals surface area contributed by atoms with E-state index in [4.69, 9.17) is 4.74 Å². The largest absolute Gasteiger partial charge is 0.461 e. The van der Waals surface area contributed by atoms with Gasteiger partial charge in [-0.3, -0.25) is 4.79 Å². The first-order valence-corrected chi connectivity index (χ1v) is 12.3. The Balaban J connectivity index is 2.48. The number of carbonyl (C=O) groups excluding carboxylic acids is 2. The molecule has 0 amide bonds. The van der Waals surface area contributed by atoms with Gasteiger partial charge in [0.2, 0.25) is 10.0 Å². The van der Waals surface area contributed by atoms with E-state index in [1.54, 1.807) is 52.0 Å². The number of nitrogens with zero attached hydrogens (tertiary/aromatic N) is 1. The summed E-state index contributed by atoms with van der Waals surface area (Å²) >= 11 is 0. The maximum atomic E-state index is 13.5. The Kier molecular flexibility index (Phi) is 8.42. The van der Waals surface area contributed by atoms with Crippen molar-refractivity contribution in [3.63, 3.8) is 0 Å². The van der Waals surface area contributed by atoms with E-state index in [2.05, 4.69) is 4.98 Å². The van der Waals surface area contributed by atoms with Gasteiger partial charge >= 0.3 is 5.97 Å². The van der Waals surface area contributed by atoms with Gasteiger partial charge in [0.05, 0.1) is 17.5 Å². The van der Waals surface area contributed by atoms with E-state index >= 15 is 0 Å². The van der Waals surface area contributed by atoms with Crippen molar-refractivity contribution in [2.75, 3.05) is 13.2 Å². The third-order valence-electron chi connectivity index (χ3n) is 5.53. The second kappa shape index (κ2) is 10.4. The fourth-order valence-corrected chi connectivity index (χ4v) is 5.23. The molecule has 1 aromatic carbocycles. The van der Waals surface area contributed by atoms with Gasteiger partial charge in [-0.05, 0) is 64.7 Å². The first kappa shape index (κ1) is 25.8. The molecular weight excluding hydrogens is 428 g/mol. The van der Waals surface area contributed by atoms with Crippen LogP contribution in [0, 0.1) is 26.7 Å². The van der Waals surface area contributed by atoms with Crippen molar-refractivity contribution >= 4 is 21.8 Å². The maximum Gasteiger partial charge on any atom is 0.355 e. The molecule has 0 aliphatic heterocycles. The number of carbonyl (C=O) groups is 2. The van der Waals surface area contributed by atoms with E-state index in [1.165, 1.54) is 4.31 Å². The molecule has 0 bridgehead atoms. The highest BCUT2D eigenvalue weighted by molar-refractivity contribution is 7.89. The van der Waals surface area contributed by atoms with Crippen LogP contribution >= 0.6 is 0 Å². The molecule has 1 aromatic heterocycles. The van der Waals surface area contributed by atoms with Crippen molar-refractivity contribution in [3.05, 3.63) is 52.3 Å². The van der Waals surface area contributed by atoms with Crippen LogP contribution < -0.4 is 0 Å². The Morgan fingerprint density at radius 3 is 2.19 bits per heavy atom. The number of rotatable bonds is 10. The standard InChI is InChI=1S/C24H34N2O5S/c1-8-31-24(28)22-17(5)21(18(6)25-22)23(27)19(7)26(14-13-15(2)3)32(29,30)20-11-9-16(4)10-12-20/h9-12,15,19,25H,8,13-14H2,1-7H3. The zero-order chi connectivity index (χ0) is 24.2. The molecule has 7 nitrogen and oxygen atoms in total. The zero-order valence-corrected chi connectivity index (χ0v) is 20.8. The lowest BCUT2D eigenvalue weighted by molar-refractivity contribution is 0.0519. The molecule has 1 unspecified atom stereocenters. The third kappa shape index (κ3) is 5.48. The molecular formula is C24H34N2O5S. The molecule has 2 rings (SSSR count). The highest BCUT2D eigenvalue weighted by Crippen LogP contribution is 2.26. The molecule has 0 spiro atoms. The quantitative estimate of drug-likeness (QED) is 0.416. The van der Waals surface area contributed by atoms with E-state index < -0.39 is 22.0 Å². The van der Waals surface area contributed by atoms with Gasteiger partial charge in [-0.15, -0.1) is 0 Å². The molecule has 1 atom stereocenters. The Morgan fingerprint density at radius 1 is 1.06 bits per heavy atom. The number of nitrogens with one attached hydrogen (secondary N) is 1. The summed E-state index contributed by atoms with van der Waals surface area (Å²) in [6, 6.07) is 5.67. The van der Waals surface area contributed by atoms with Gasteiger partial charge in [-0.25, -0.2) is 13.2 Å². The van der Waals surface area contributed by atoms with Crippen LogP contribution in [0.15, 0.2) is 29.2 Å². The van der Waals surface area contributed by atoms with Crippen molar-refractivity contribution in [3.8, 4) is 0 Å². The lowest BCUT2D eigenvalue weighted by Gasteiger charge is -2.28. The minimum Gasteiger partial charge on any atom is -0.461 e. The highest BCUT2D eigenvalue weighted by Gasteiger charge is 2.35. The summed E-state index contributed by atoms with van der Waals surface area (Å²) in [4.78, 5) is 28.8. The van der Waals surface area contributed by atoms with Gasteiger partial charge in [0.1, 0.15) is 5.69 Å². The minimum atomic E-state index is -3.90. The molecule has 1 N–H and O–H groups in total. The van der Waals surface area contributed by atoms with Gasteiger partial charge in [-0.1, -0.05) is 31.5 Å². The van der Waals surface area contributed by atoms with Gasteiger partial charge in [0, 0.05) is 17.8 Å². The molecule has 0 fully saturated rings. The second-order valence-electron chi connectivity index (χ2n) is 8.50. The fraction of sp³-hybridized carbons (Fsp3) is 0.500. The summed E-state index contributed by atoms with van der Waals surface area (Å²) in [5, 5.41) is 0. The normalized spacial score (nSPS) is 12.9. The number of H-pyrrole nitrogens is 1. The topological polar surface area (TPSA) is 96.5 Å². The lowest BCUT2D eigenvalue weighted by atomic mass is 10.0. The molecule has 0 aliphatic rings.